The second-order valence-corrected chi connectivity index (χ2v) is 8.83. The van der Waals surface area contributed by atoms with Gasteiger partial charge in [0.15, 0.2) is 0 Å². The number of amides is 1. The van der Waals surface area contributed by atoms with Crippen molar-refractivity contribution in [2.75, 3.05) is 0 Å². The van der Waals surface area contributed by atoms with Crippen LogP contribution in [0.1, 0.15) is 20.8 Å². The molecule has 0 aliphatic heterocycles. The van der Waals surface area contributed by atoms with Crippen molar-refractivity contribution in [1.29, 1.82) is 0 Å². The highest BCUT2D eigenvalue weighted by atomic mass is 79.9. The highest BCUT2D eigenvalue weighted by Crippen LogP contribution is 2.29. The van der Waals surface area contributed by atoms with Gasteiger partial charge in [0.25, 0.3) is 11.6 Å². The minimum Gasteiger partial charge on any atom is -0.488 e. The first-order chi connectivity index (χ1) is 15.9. The molecule has 4 rings (SSSR count). The summed E-state index contributed by atoms with van der Waals surface area (Å²) < 4.78 is 20.2. The van der Waals surface area contributed by atoms with Crippen LogP contribution in [0, 0.1) is 15.9 Å². The molecule has 1 aromatic heterocycles. The zero-order chi connectivity index (χ0) is 23.4. The lowest BCUT2D eigenvalue weighted by Crippen LogP contribution is -2.16. The van der Waals surface area contributed by atoms with Gasteiger partial charge in [-0.2, -0.15) is 5.10 Å². The molecule has 0 bridgehead atoms. The number of non-ortho nitro benzene ring substituents is 1. The van der Waals surface area contributed by atoms with Crippen molar-refractivity contribution in [3.8, 4) is 5.75 Å². The summed E-state index contributed by atoms with van der Waals surface area (Å²) in [5, 5.41) is 15.5. The molecule has 0 aliphatic carbocycles. The predicted molar refractivity (Wildman–Crippen MR) is 128 cm³/mol. The lowest BCUT2D eigenvalue weighted by atomic mass is 10.2. The number of rotatable bonds is 7. The molecule has 1 N–H and O–H groups in total. The Morgan fingerprint density at radius 3 is 2.67 bits per heavy atom. The van der Waals surface area contributed by atoms with Gasteiger partial charge in [0.1, 0.15) is 18.2 Å². The summed E-state index contributed by atoms with van der Waals surface area (Å²) in [4.78, 5) is 23.2. The van der Waals surface area contributed by atoms with E-state index in [1.54, 1.807) is 42.5 Å². The van der Waals surface area contributed by atoms with Crippen LogP contribution >= 0.6 is 27.3 Å². The lowest BCUT2D eigenvalue weighted by Gasteiger charge is -2.09. The number of hydrogen-bond acceptors (Lipinski definition) is 6. The van der Waals surface area contributed by atoms with Gasteiger partial charge in [0.05, 0.1) is 20.5 Å². The maximum atomic E-state index is 13.0. The average Bonchev–Trinajstić information content (AvgIpc) is 3.23. The Morgan fingerprint density at radius 2 is 1.94 bits per heavy atom. The van der Waals surface area contributed by atoms with Gasteiger partial charge >= 0.3 is 0 Å². The molecule has 0 spiro atoms. The standard InChI is InChI=1S/C23H15BrFN3O4S/c24-19-9-15(3-7-20(19)32-13-14-1-4-17(25)5-2-14)12-26-27-23(29)22-11-16-10-18(28(30)31)6-8-21(16)33-22/h1-12H,13H2,(H,27,29)/b26-12-. The molecule has 0 unspecified atom stereocenters. The molecule has 4 aromatic rings. The number of hydrazone groups is 1. The number of carbonyl (C=O) groups is 1. The van der Waals surface area contributed by atoms with Crippen LogP contribution in [-0.2, 0) is 6.61 Å². The number of nitro groups is 1. The van der Waals surface area contributed by atoms with Crippen LogP contribution in [0.3, 0.4) is 0 Å². The highest BCUT2D eigenvalue weighted by Gasteiger charge is 2.13. The zero-order valence-corrected chi connectivity index (χ0v) is 19.2. The second-order valence-electron chi connectivity index (χ2n) is 6.89. The quantitative estimate of drug-likeness (QED) is 0.179. The average molecular weight is 528 g/mol. The highest BCUT2D eigenvalue weighted by molar-refractivity contribution is 9.10. The SMILES string of the molecule is O=C(N/N=C\c1ccc(OCc2ccc(F)cc2)c(Br)c1)c1cc2cc([N+](=O)[O-])ccc2s1. The predicted octanol–water partition coefficient (Wildman–Crippen LogP) is 6.05. The summed E-state index contributed by atoms with van der Waals surface area (Å²) >= 11 is 4.67. The first kappa shape index (κ1) is 22.6. The van der Waals surface area contributed by atoms with E-state index in [0.29, 0.717) is 27.1 Å². The number of halogens is 2. The van der Waals surface area contributed by atoms with Crippen molar-refractivity contribution in [2.45, 2.75) is 6.61 Å². The van der Waals surface area contributed by atoms with Gasteiger partial charge in [-0.05, 0) is 69.5 Å². The van der Waals surface area contributed by atoms with E-state index >= 15 is 0 Å². The molecular weight excluding hydrogens is 513 g/mol. The molecule has 1 amide bonds. The molecule has 7 nitrogen and oxygen atoms in total. The Bertz CT molecular complexity index is 1370. The van der Waals surface area contributed by atoms with Crippen LogP contribution in [0.4, 0.5) is 10.1 Å². The van der Waals surface area contributed by atoms with E-state index in [9.17, 15) is 19.3 Å². The van der Waals surface area contributed by atoms with Gasteiger partial charge in [-0.25, -0.2) is 9.82 Å². The summed E-state index contributed by atoms with van der Waals surface area (Å²) in [7, 11) is 0. The zero-order valence-electron chi connectivity index (χ0n) is 16.8. The maximum absolute atomic E-state index is 13.0. The smallest absolute Gasteiger partial charge is 0.281 e. The molecule has 0 saturated heterocycles. The maximum Gasteiger partial charge on any atom is 0.281 e. The fourth-order valence-electron chi connectivity index (χ4n) is 2.93. The van der Waals surface area contributed by atoms with E-state index in [2.05, 4.69) is 26.5 Å². The van der Waals surface area contributed by atoms with Gasteiger partial charge < -0.3 is 4.74 Å². The first-order valence-corrected chi connectivity index (χ1v) is 11.2. The molecule has 166 valence electrons. The summed E-state index contributed by atoms with van der Waals surface area (Å²) in [6, 6.07) is 17.5. The van der Waals surface area contributed by atoms with Crippen LogP contribution in [0.5, 0.6) is 5.75 Å². The first-order valence-electron chi connectivity index (χ1n) is 9.57. The molecule has 10 heteroatoms. The van der Waals surface area contributed by atoms with Crippen LogP contribution in [0.15, 0.2) is 76.3 Å². The van der Waals surface area contributed by atoms with Crippen molar-refractivity contribution in [2.24, 2.45) is 5.10 Å². The Labute approximate surface area is 199 Å². The summed E-state index contributed by atoms with van der Waals surface area (Å²) in [6.07, 6.45) is 1.49. The van der Waals surface area contributed by atoms with E-state index in [4.69, 9.17) is 4.74 Å². The van der Waals surface area contributed by atoms with Gasteiger partial charge in [0, 0.05) is 22.2 Å². The third-order valence-electron chi connectivity index (χ3n) is 4.58. The minimum absolute atomic E-state index is 0.0269. The monoisotopic (exact) mass is 527 g/mol. The fraction of sp³-hybridized carbons (Fsp3) is 0.0435. The molecular formula is C23H15BrFN3O4S. The number of fused-ring (bicyclic) bond motifs is 1. The Kier molecular flexibility index (Phi) is 6.76. The number of nitrogens with one attached hydrogen (secondary N) is 1. The topological polar surface area (TPSA) is 93.8 Å². The molecule has 33 heavy (non-hydrogen) atoms. The fourth-order valence-corrected chi connectivity index (χ4v) is 4.38. The van der Waals surface area contributed by atoms with Crippen molar-refractivity contribution < 1.29 is 18.8 Å². The number of nitrogens with zero attached hydrogens (tertiary/aromatic N) is 2. The Morgan fingerprint density at radius 1 is 1.15 bits per heavy atom. The van der Waals surface area contributed by atoms with E-state index in [1.807, 2.05) is 0 Å². The molecule has 0 atom stereocenters. The van der Waals surface area contributed by atoms with Gasteiger partial charge in [-0.15, -0.1) is 11.3 Å². The largest absolute Gasteiger partial charge is 0.488 e. The molecule has 0 radical (unpaired) electrons. The number of benzene rings is 3. The van der Waals surface area contributed by atoms with E-state index in [-0.39, 0.29) is 11.5 Å². The van der Waals surface area contributed by atoms with Crippen LogP contribution in [0.25, 0.3) is 10.1 Å². The second kappa shape index (κ2) is 9.88. The summed E-state index contributed by atoms with van der Waals surface area (Å²) in [5.74, 6) is -0.0970. The molecule has 0 fully saturated rings. The van der Waals surface area contributed by atoms with Gasteiger partial charge in [0.2, 0.25) is 0 Å². The van der Waals surface area contributed by atoms with Crippen molar-refractivity contribution in [3.63, 3.8) is 0 Å². The van der Waals surface area contributed by atoms with Crippen LogP contribution in [0.2, 0.25) is 0 Å². The molecule has 0 aliphatic rings. The van der Waals surface area contributed by atoms with Crippen molar-refractivity contribution in [3.05, 3.63) is 103 Å². The van der Waals surface area contributed by atoms with E-state index in [1.165, 1.54) is 41.8 Å². The van der Waals surface area contributed by atoms with Crippen LogP contribution in [-0.4, -0.2) is 17.0 Å². The molecule has 3 aromatic carbocycles. The molecule has 1 heterocycles. The number of nitro benzene ring substituents is 1. The van der Waals surface area contributed by atoms with E-state index in [0.717, 1.165) is 15.8 Å². The van der Waals surface area contributed by atoms with Crippen LogP contribution < -0.4 is 10.2 Å². The lowest BCUT2D eigenvalue weighted by molar-refractivity contribution is -0.384. The normalized spacial score (nSPS) is 11.1. The number of carbonyl (C=O) groups excluding carboxylic acids is 1. The Hall–Kier alpha value is -3.63. The number of hydrogen-bond donors (Lipinski definition) is 1. The summed E-state index contributed by atoms with van der Waals surface area (Å²) in [5.41, 5.74) is 4.00. The minimum atomic E-state index is -0.474. The van der Waals surface area contributed by atoms with Crippen molar-refractivity contribution in [1.82, 2.24) is 5.43 Å². The third kappa shape index (κ3) is 5.60. The van der Waals surface area contributed by atoms with Gasteiger partial charge in [-0.3, -0.25) is 14.9 Å². The summed E-state index contributed by atoms with van der Waals surface area (Å²) in [6.45, 7) is 0.292. The Balaban J connectivity index is 1.37. The van der Waals surface area contributed by atoms with Gasteiger partial charge in [-0.1, -0.05) is 12.1 Å². The number of thiophene rings is 1. The number of ether oxygens (including phenoxy) is 1. The molecule has 0 saturated carbocycles. The third-order valence-corrected chi connectivity index (χ3v) is 6.31. The van der Waals surface area contributed by atoms with Crippen molar-refractivity contribution >= 4 is 55.2 Å². The van der Waals surface area contributed by atoms with E-state index < -0.39 is 10.8 Å².